The number of fused-ring (bicyclic) bond motifs is 1. The van der Waals surface area contributed by atoms with Gasteiger partial charge >= 0.3 is 0 Å². The largest absolute Gasteiger partial charge is 0.485 e. The molecule has 1 unspecified atom stereocenters. The molecule has 1 atom stereocenters. The smallest absolute Gasteiger partial charge is 0.298 e. The number of hydrogen-bond acceptors (Lipinski definition) is 5. The highest BCUT2D eigenvalue weighted by molar-refractivity contribution is 7.66. The Kier molecular flexibility index (Phi) is 4.99. The number of rotatable bonds is 3. The van der Waals surface area contributed by atoms with Crippen molar-refractivity contribution < 1.29 is 18.7 Å². The number of carbonyl (C=O) groups excluding carboxylic acids is 2. The van der Waals surface area contributed by atoms with Crippen LogP contribution in [0.1, 0.15) is 16.1 Å². The summed E-state index contributed by atoms with van der Waals surface area (Å²) < 4.78 is 24.1. The number of anilines is 1. The van der Waals surface area contributed by atoms with E-state index in [4.69, 9.17) is 4.74 Å². The Hall–Kier alpha value is -3.32. The Morgan fingerprint density at radius 1 is 1.25 bits per heavy atom. The highest BCUT2D eigenvalue weighted by atomic mass is 31.1. The predicted octanol–water partition coefficient (Wildman–Crippen LogP) is 3.59. The van der Waals surface area contributed by atoms with Crippen LogP contribution in [0.4, 0.5) is 14.9 Å². The van der Waals surface area contributed by atoms with Gasteiger partial charge in [-0.2, -0.15) is 0 Å². The second-order valence-corrected chi connectivity index (χ2v) is 7.89. The molecule has 0 spiro atoms. The summed E-state index contributed by atoms with van der Waals surface area (Å²) in [6.07, 6.45) is 1.49. The molecule has 8 nitrogen and oxygen atoms in total. The highest BCUT2D eigenvalue weighted by Crippen LogP contribution is 2.37. The normalized spacial score (nSPS) is 16.0. The van der Waals surface area contributed by atoms with Crippen LogP contribution in [-0.4, -0.2) is 32.9 Å². The number of nitrogens with one attached hydrogen (secondary N) is 1. The van der Waals surface area contributed by atoms with Crippen LogP contribution < -0.4 is 10.1 Å². The molecule has 0 saturated heterocycles. The molecule has 0 saturated carbocycles. The number of hydrogen-bond donors (Lipinski definition) is 1. The average Bonchev–Trinajstić information content (AvgIpc) is 3.10. The van der Waals surface area contributed by atoms with E-state index in [-0.39, 0.29) is 23.5 Å². The number of amides is 2. The molecular weight excluding hydrogens is 384 g/mol. The number of carbonyl (C=O) groups is 2. The van der Waals surface area contributed by atoms with Crippen LogP contribution in [0.25, 0.3) is 0 Å². The first-order chi connectivity index (χ1) is 13.6. The molecule has 1 N–H and O–H groups in total. The Morgan fingerprint density at radius 3 is 2.86 bits per heavy atom. The van der Waals surface area contributed by atoms with E-state index in [1.165, 1.54) is 23.0 Å². The minimum atomic E-state index is -2.14. The van der Waals surface area contributed by atoms with Crippen molar-refractivity contribution in [2.24, 2.45) is 4.74 Å². The van der Waals surface area contributed by atoms with Gasteiger partial charge in [-0.05, 0) is 29.8 Å². The van der Waals surface area contributed by atoms with Crippen molar-refractivity contribution in [1.82, 2.24) is 15.0 Å². The monoisotopic (exact) mass is 399 g/mol. The molecule has 1 aliphatic heterocycles. The number of para-hydroxylation sites is 2. The Balaban J connectivity index is 1.48. The summed E-state index contributed by atoms with van der Waals surface area (Å²) >= 11 is 0. The zero-order valence-corrected chi connectivity index (χ0v) is 15.5. The van der Waals surface area contributed by atoms with Gasteiger partial charge in [0.1, 0.15) is 17.9 Å². The summed E-state index contributed by atoms with van der Waals surface area (Å²) in [5.74, 6) is -0.403. The van der Waals surface area contributed by atoms with Crippen molar-refractivity contribution in [3.8, 4) is 5.75 Å². The molecule has 28 heavy (non-hydrogen) atoms. The van der Waals surface area contributed by atoms with Gasteiger partial charge in [0.15, 0.2) is 5.69 Å². The minimum Gasteiger partial charge on any atom is -0.485 e. The Labute approximate surface area is 159 Å². The lowest BCUT2D eigenvalue weighted by atomic mass is 10.2. The molecule has 2 aromatic carbocycles. The maximum absolute atomic E-state index is 13.0. The number of ether oxygens (including phenoxy) is 1. The van der Waals surface area contributed by atoms with Gasteiger partial charge in [-0.3, -0.25) is 9.59 Å². The van der Waals surface area contributed by atoms with E-state index in [9.17, 15) is 14.0 Å². The summed E-state index contributed by atoms with van der Waals surface area (Å²) in [7, 11) is -2.14. The summed E-state index contributed by atoms with van der Waals surface area (Å²) in [6.45, 7) is 0.331. The number of benzene rings is 2. The molecule has 2 amide bonds. The average molecular weight is 399 g/mol. The molecule has 10 heteroatoms. The zero-order chi connectivity index (χ0) is 19.5. The van der Waals surface area contributed by atoms with Gasteiger partial charge in [-0.15, -0.1) is 5.10 Å². The fourth-order valence-corrected chi connectivity index (χ4v) is 3.84. The van der Waals surface area contributed by atoms with Gasteiger partial charge in [0.05, 0.1) is 26.1 Å². The molecular formula is C18H15FN5O3P. The molecule has 3 aromatic rings. The topological polar surface area (TPSA) is 98.5 Å². The van der Waals surface area contributed by atoms with Gasteiger partial charge in [0, 0.05) is 0 Å². The molecule has 1 aromatic heterocycles. The first kappa shape index (κ1) is 18.1. The van der Waals surface area contributed by atoms with E-state index >= 15 is 0 Å². The van der Waals surface area contributed by atoms with Crippen molar-refractivity contribution in [2.45, 2.75) is 6.54 Å². The SMILES string of the molecule is O=C(/N=[PH]1\COc2ccccc2NC1=O)c1cn(Cc2ccc(F)cc2)nn1. The van der Waals surface area contributed by atoms with Crippen LogP contribution in [0.15, 0.2) is 59.5 Å². The van der Waals surface area contributed by atoms with Crippen molar-refractivity contribution in [3.63, 3.8) is 0 Å². The number of nitrogens with zero attached hydrogens (tertiary/aromatic N) is 4. The highest BCUT2D eigenvalue weighted by Gasteiger charge is 2.20. The molecule has 4 rings (SSSR count). The zero-order valence-electron chi connectivity index (χ0n) is 14.5. The third-order valence-electron chi connectivity index (χ3n) is 4.01. The van der Waals surface area contributed by atoms with E-state index in [1.54, 1.807) is 36.4 Å². The van der Waals surface area contributed by atoms with Crippen molar-refractivity contribution in [1.29, 1.82) is 0 Å². The lowest BCUT2D eigenvalue weighted by Gasteiger charge is -2.04. The molecule has 0 bridgehead atoms. The third kappa shape index (κ3) is 3.99. The van der Waals surface area contributed by atoms with E-state index in [1.807, 2.05) is 0 Å². The van der Waals surface area contributed by atoms with Crippen LogP contribution in [0, 0.1) is 5.82 Å². The van der Waals surface area contributed by atoms with Gasteiger partial charge in [-0.25, -0.2) is 13.8 Å². The van der Waals surface area contributed by atoms with E-state index in [0.29, 0.717) is 18.0 Å². The van der Waals surface area contributed by atoms with Gasteiger partial charge in [0.25, 0.3) is 11.6 Å². The third-order valence-corrected chi connectivity index (χ3v) is 5.55. The van der Waals surface area contributed by atoms with Crippen molar-refractivity contribution >= 4 is 25.0 Å². The van der Waals surface area contributed by atoms with E-state index < -0.39 is 13.6 Å². The van der Waals surface area contributed by atoms with E-state index in [0.717, 1.165) is 5.56 Å². The Bertz CT molecular complexity index is 1080. The maximum Gasteiger partial charge on any atom is 0.298 e. The quantitative estimate of drug-likeness (QED) is 0.679. The minimum absolute atomic E-state index is 0.0363. The van der Waals surface area contributed by atoms with Crippen molar-refractivity contribution in [3.05, 3.63) is 71.8 Å². The van der Waals surface area contributed by atoms with Crippen LogP contribution in [-0.2, 0) is 6.54 Å². The fraction of sp³-hybridized carbons (Fsp3) is 0.111. The maximum atomic E-state index is 13.0. The van der Waals surface area contributed by atoms with Crippen LogP contribution in [0.2, 0.25) is 0 Å². The van der Waals surface area contributed by atoms with Gasteiger partial charge < -0.3 is 10.1 Å². The molecule has 1 aliphatic rings. The van der Waals surface area contributed by atoms with E-state index in [2.05, 4.69) is 20.4 Å². The molecule has 0 radical (unpaired) electrons. The van der Waals surface area contributed by atoms with Gasteiger partial charge in [-0.1, -0.05) is 29.5 Å². The number of aromatic nitrogens is 3. The first-order valence-electron chi connectivity index (χ1n) is 8.38. The summed E-state index contributed by atoms with van der Waals surface area (Å²) in [6, 6.07) is 13.0. The fourth-order valence-electron chi connectivity index (χ4n) is 2.62. The molecule has 0 fully saturated rings. The van der Waals surface area contributed by atoms with Crippen LogP contribution in [0.5, 0.6) is 5.75 Å². The molecule has 0 aliphatic carbocycles. The molecule has 142 valence electrons. The second kappa shape index (κ2) is 7.74. The van der Waals surface area contributed by atoms with Gasteiger partial charge in [0.2, 0.25) is 0 Å². The summed E-state index contributed by atoms with van der Waals surface area (Å²) in [5.41, 5.74) is 1.07. The second-order valence-electron chi connectivity index (χ2n) is 6.03. The summed E-state index contributed by atoms with van der Waals surface area (Å²) in [5, 5.41) is 10.4. The lowest BCUT2D eigenvalue weighted by Crippen LogP contribution is -2.05. The Morgan fingerprint density at radius 2 is 2.04 bits per heavy atom. The van der Waals surface area contributed by atoms with Crippen LogP contribution in [0.3, 0.4) is 0 Å². The lowest BCUT2D eigenvalue weighted by molar-refractivity contribution is 0.1000. The van der Waals surface area contributed by atoms with Crippen molar-refractivity contribution in [2.75, 3.05) is 11.7 Å². The molecule has 2 heterocycles. The number of halogens is 1. The standard InChI is InChI=1S/C18H15FN5O3P/c19-13-7-5-12(6-8-13)9-24-10-15(21-23-24)17(25)22-28-11-27-16-4-2-1-3-14(16)20-18(28)26/h1-8,10,28H,9,11H2,(H,20,26). The van der Waals surface area contributed by atoms with Crippen LogP contribution >= 0.6 is 7.71 Å². The summed E-state index contributed by atoms with van der Waals surface area (Å²) in [4.78, 5) is 24.8. The first-order valence-corrected chi connectivity index (χ1v) is 10.0. The predicted molar refractivity (Wildman–Crippen MR) is 102 cm³/mol.